The van der Waals surface area contributed by atoms with Gasteiger partial charge in [-0.15, -0.1) is 11.3 Å². The lowest BCUT2D eigenvalue weighted by Crippen LogP contribution is -2.30. The molecule has 1 aliphatic rings. The summed E-state index contributed by atoms with van der Waals surface area (Å²) in [7, 11) is 0. The first kappa shape index (κ1) is 11.4. The molecule has 0 spiro atoms. The topological polar surface area (TPSA) is 12.5 Å². The van der Waals surface area contributed by atoms with Crippen molar-refractivity contribution in [1.82, 2.24) is 0 Å². The van der Waals surface area contributed by atoms with Gasteiger partial charge in [0, 0.05) is 11.4 Å². The molecule has 92 valence electrons. The zero-order valence-corrected chi connectivity index (χ0v) is 11.1. The number of rotatable bonds is 2. The van der Waals surface area contributed by atoms with Crippen molar-refractivity contribution < 1.29 is 4.74 Å². The van der Waals surface area contributed by atoms with E-state index in [9.17, 15) is 0 Å². The molecular weight excluding hydrogens is 242 g/mol. The average Bonchev–Trinajstić information content (AvgIpc) is 2.90. The van der Waals surface area contributed by atoms with Gasteiger partial charge in [-0.1, -0.05) is 18.2 Å². The lowest BCUT2D eigenvalue weighted by molar-refractivity contribution is 0.401. The Hall–Kier alpha value is -1.74. The third-order valence-electron chi connectivity index (χ3n) is 3.02. The van der Waals surface area contributed by atoms with Gasteiger partial charge < -0.3 is 9.64 Å². The fraction of sp³-hybridized carbons (Fsp3) is 0.200. The van der Waals surface area contributed by atoms with E-state index in [1.165, 1.54) is 10.6 Å². The molecule has 2 nitrogen and oxygen atoms in total. The van der Waals surface area contributed by atoms with E-state index in [-0.39, 0.29) is 0 Å². The lowest BCUT2D eigenvalue weighted by Gasteiger charge is -2.31. The van der Waals surface area contributed by atoms with E-state index in [0.29, 0.717) is 0 Å². The van der Waals surface area contributed by atoms with Gasteiger partial charge in [0.15, 0.2) is 0 Å². The molecule has 1 aromatic carbocycles. The standard InChI is InChI=1S/C15H15NOS/c1-2-16-11-12(10-13-6-5-9-18-13)17-15-8-4-3-7-14(15)16/h3-10H,2,11H2,1H3/b12-10+. The summed E-state index contributed by atoms with van der Waals surface area (Å²) in [6, 6.07) is 12.4. The molecule has 0 aliphatic carbocycles. The summed E-state index contributed by atoms with van der Waals surface area (Å²) in [5.74, 6) is 1.96. The SMILES string of the molecule is CCN1C/C(=C\c2cccs2)Oc2ccccc21. The van der Waals surface area contributed by atoms with Crippen LogP contribution in [0.5, 0.6) is 5.75 Å². The first-order valence-corrected chi connectivity index (χ1v) is 7.00. The van der Waals surface area contributed by atoms with E-state index >= 15 is 0 Å². The first-order chi connectivity index (χ1) is 8.86. The molecule has 2 aromatic rings. The maximum Gasteiger partial charge on any atom is 0.150 e. The van der Waals surface area contributed by atoms with Crippen LogP contribution in [-0.2, 0) is 0 Å². The van der Waals surface area contributed by atoms with Crippen LogP contribution in [0.15, 0.2) is 47.5 Å². The highest BCUT2D eigenvalue weighted by molar-refractivity contribution is 7.10. The van der Waals surface area contributed by atoms with E-state index in [1.807, 2.05) is 12.1 Å². The molecule has 18 heavy (non-hydrogen) atoms. The molecule has 3 heteroatoms. The third kappa shape index (κ3) is 2.14. The molecule has 0 atom stereocenters. The monoisotopic (exact) mass is 257 g/mol. The van der Waals surface area contributed by atoms with Crippen molar-refractivity contribution in [2.75, 3.05) is 18.0 Å². The third-order valence-corrected chi connectivity index (χ3v) is 3.84. The van der Waals surface area contributed by atoms with Crippen LogP contribution < -0.4 is 9.64 Å². The van der Waals surface area contributed by atoms with Gasteiger partial charge in [-0.3, -0.25) is 0 Å². The second-order valence-corrected chi connectivity index (χ2v) is 5.19. The second kappa shape index (κ2) is 4.86. The predicted molar refractivity (Wildman–Crippen MR) is 77.3 cm³/mol. The minimum Gasteiger partial charge on any atom is -0.458 e. The molecule has 0 N–H and O–H groups in total. The van der Waals surface area contributed by atoms with Crippen molar-refractivity contribution in [3.05, 3.63) is 52.4 Å². The highest BCUT2D eigenvalue weighted by Crippen LogP contribution is 2.34. The predicted octanol–water partition coefficient (Wildman–Crippen LogP) is 4.01. The zero-order chi connectivity index (χ0) is 12.4. The molecule has 0 bridgehead atoms. The number of hydrogen-bond acceptors (Lipinski definition) is 3. The van der Waals surface area contributed by atoms with Crippen molar-refractivity contribution >= 4 is 23.1 Å². The van der Waals surface area contributed by atoms with Gasteiger partial charge in [0.2, 0.25) is 0 Å². The summed E-state index contributed by atoms with van der Waals surface area (Å²) in [5, 5.41) is 2.08. The molecule has 0 amide bonds. The summed E-state index contributed by atoms with van der Waals surface area (Å²) < 4.78 is 5.96. The molecule has 2 heterocycles. The van der Waals surface area contributed by atoms with Crippen molar-refractivity contribution in [2.45, 2.75) is 6.92 Å². The molecule has 0 saturated heterocycles. The van der Waals surface area contributed by atoms with Crippen molar-refractivity contribution in [1.29, 1.82) is 0 Å². The fourth-order valence-electron chi connectivity index (χ4n) is 2.14. The number of thiophene rings is 1. The number of para-hydroxylation sites is 2. The van der Waals surface area contributed by atoms with Gasteiger partial charge in [-0.25, -0.2) is 0 Å². The highest BCUT2D eigenvalue weighted by atomic mass is 32.1. The van der Waals surface area contributed by atoms with Crippen molar-refractivity contribution in [3.63, 3.8) is 0 Å². The van der Waals surface area contributed by atoms with E-state index < -0.39 is 0 Å². The van der Waals surface area contributed by atoms with Crippen molar-refractivity contribution in [2.24, 2.45) is 0 Å². The fourth-order valence-corrected chi connectivity index (χ4v) is 2.81. The second-order valence-electron chi connectivity index (χ2n) is 4.21. The molecule has 0 radical (unpaired) electrons. The lowest BCUT2D eigenvalue weighted by atomic mass is 10.2. The maximum atomic E-state index is 5.96. The normalized spacial score (nSPS) is 16.5. The Kier molecular flexibility index (Phi) is 3.07. The first-order valence-electron chi connectivity index (χ1n) is 6.12. The summed E-state index contributed by atoms with van der Waals surface area (Å²) in [6.07, 6.45) is 2.13. The molecule has 3 rings (SSSR count). The van der Waals surface area contributed by atoms with Crippen LogP contribution in [0.4, 0.5) is 5.69 Å². The average molecular weight is 257 g/mol. The molecule has 0 saturated carbocycles. The molecule has 1 aliphatic heterocycles. The molecule has 0 fully saturated rings. The maximum absolute atomic E-state index is 5.96. The van der Waals surface area contributed by atoms with Crippen LogP contribution in [0, 0.1) is 0 Å². The summed E-state index contributed by atoms with van der Waals surface area (Å²) in [4.78, 5) is 3.57. The van der Waals surface area contributed by atoms with Crippen LogP contribution in [0.3, 0.4) is 0 Å². The van der Waals surface area contributed by atoms with E-state index in [4.69, 9.17) is 4.74 Å². The Morgan fingerprint density at radius 3 is 2.94 bits per heavy atom. The van der Waals surface area contributed by atoms with Gasteiger partial charge in [0.25, 0.3) is 0 Å². The number of anilines is 1. The smallest absolute Gasteiger partial charge is 0.150 e. The Labute approximate surface area is 111 Å². The van der Waals surface area contributed by atoms with E-state index in [0.717, 1.165) is 24.6 Å². The van der Waals surface area contributed by atoms with Crippen LogP contribution in [0.2, 0.25) is 0 Å². The zero-order valence-electron chi connectivity index (χ0n) is 10.3. The number of fused-ring (bicyclic) bond motifs is 1. The van der Waals surface area contributed by atoms with Crippen molar-refractivity contribution in [3.8, 4) is 5.75 Å². The number of likely N-dealkylation sites (N-methyl/N-ethyl adjacent to an activating group) is 1. The van der Waals surface area contributed by atoms with Crippen LogP contribution in [0.25, 0.3) is 6.08 Å². The van der Waals surface area contributed by atoms with Gasteiger partial charge in [-0.2, -0.15) is 0 Å². The number of nitrogens with zero attached hydrogens (tertiary/aromatic N) is 1. The van der Waals surface area contributed by atoms with E-state index in [1.54, 1.807) is 11.3 Å². The minimum atomic E-state index is 0.839. The Morgan fingerprint density at radius 2 is 2.17 bits per heavy atom. The minimum absolute atomic E-state index is 0.839. The Balaban J connectivity index is 1.94. The Morgan fingerprint density at radius 1 is 1.28 bits per heavy atom. The summed E-state index contributed by atoms with van der Waals surface area (Å²) in [6.45, 7) is 4.00. The van der Waals surface area contributed by atoms with Crippen LogP contribution >= 0.6 is 11.3 Å². The molecule has 1 aromatic heterocycles. The summed E-state index contributed by atoms with van der Waals surface area (Å²) >= 11 is 1.73. The molecule has 0 unspecified atom stereocenters. The van der Waals surface area contributed by atoms with Crippen LogP contribution in [-0.4, -0.2) is 13.1 Å². The Bertz CT molecular complexity index is 560. The number of benzene rings is 1. The van der Waals surface area contributed by atoms with Gasteiger partial charge in [0.1, 0.15) is 11.5 Å². The van der Waals surface area contributed by atoms with Gasteiger partial charge in [0.05, 0.1) is 12.2 Å². The quantitative estimate of drug-likeness (QED) is 0.806. The van der Waals surface area contributed by atoms with Gasteiger partial charge >= 0.3 is 0 Å². The summed E-state index contributed by atoms with van der Waals surface area (Å²) in [5.41, 5.74) is 1.18. The number of ether oxygens (including phenoxy) is 1. The number of hydrogen-bond donors (Lipinski definition) is 0. The molecular formula is C15H15NOS. The van der Waals surface area contributed by atoms with Gasteiger partial charge in [-0.05, 0) is 36.6 Å². The largest absolute Gasteiger partial charge is 0.458 e. The van der Waals surface area contributed by atoms with E-state index in [2.05, 4.69) is 47.5 Å². The van der Waals surface area contributed by atoms with Crippen LogP contribution in [0.1, 0.15) is 11.8 Å². The highest BCUT2D eigenvalue weighted by Gasteiger charge is 2.19.